The standard InChI is InChI=1S/C14H18N4O2/c1-11-4-2-5-12(17-11)10-18-14(19)8-13(9-16-18)20-7-3-6-15/h2,4-5,8-9H,3,6-7,10,15H2,1H3. The van der Waals surface area contributed by atoms with Gasteiger partial charge in [0.2, 0.25) is 0 Å². The molecule has 2 heterocycles. The van der Waals surface area contributed by atoms with Crippen LogP contribution in [0, 0.1) is 6.92 Å². The molecular weight excluding hydrogens is 256 g/mol. The monoisotopic (exact) mass is 274 g/mol. The Balaban J connectivity index is 2.08. The average molecular weight is 274 g/mol. The molecule has 0 saturated carbocycles. The Kier molecular flexibility index (Phi) is 4.84. The van der Waals surface area contributed by atoms with Crippen LogP contribution < -0.4 is 16.0 Å². The molecule has 0 saturated heterocycles. The quantitative estimate of drug-likeness (QED) is 0.785. The predicted octanol–water partition coefficient (Wildman–Crippen LogP) is 0.723. The number of nitrogens with two attached hydrogens (primary N) is 1. The Morgan fingerprint density at radius 1 is 1.40 bits per heavy atom. The Morgan fingerprint density at radius 3 is 2.95 bits per heavy atom. The smallest absolute Gasteiger partial charge is 0.270 e. The number of ether oxygens (including phenoxy) is 1. The molecule has 0 spiro atoms. The minimum absolute atomic E-state index is 0.210. The van der Waals surface area contributed by atoms with Crippen molar-refractivity contribution in [2.45, 2.75) is 19.9 Å². The number of hydrogen-bond donors (Lipinski definition) is 1. The SMILES string of the molecule is Cc1cccc(Cn2ncc(OCCCN)cc2=O)n1. The van der Waals surface area contributed by atoms with Gasteiger partial charge in [-0.15, -0.1) is 0 Å². The van der Waals surface area contributed by atoms with E-state index in [2.05, 4.69) is 10.1 Å². The van der Waals surface area contributed by atoms with Crippen molar-refractivity contribution in [3.05, 3.63) is 52.2 Å². The molecule has 2 aromatic heterocycles. The average Bonchev–Trinajstić information content (AvgIpc) is 2.42. The third-order valence-corrected chi connectivity index (χ3v) is 2.72. The minimum Gasteiger partial charge on any atom is -0.492 e. The molecule has 0 aliphatic rings. The summed E-state index contributed by atoms with van der Waals surface area (Å²) in [7, 11) is 0. The third kappa shape index (κ3) is 3.89. The first-order valence-electron chi connectivity index (χ1n) is 6.51. The second-order valence-corrected chi connectivity index (χ2v) is 4.45. The van der Waals surface area contributed by atoms with Gasteiger partial charge < -0.3 is 10.5 Å². The molecule has 2 N–H and O–H groups in total. The normalized spacial score (nSPS) is 10.5. The van der Waals surface area contributed by atoms with Crippen LogP contribution in [-0.4, -0.2) is 27.9 Å². The van der Waals surface area contributed by atoms with Gasteiger partial charge in [0.05, 0.1) is 25.0 Å². The van der Waals surface area contributed by atoms with E-state index in [4.69, 9.17) is 10.5 Å². The van der Waals surface area contributed by atoms with Crippen LogP contribution in [0.3, 0.4) is 0 Å². The number of hydrogen-bond acceptors (Lipinski definition) is 5. The van der Waals surface area contributed by atoms with Crippen molar-refractivity contribution < 1.29 is 4.74 Å². The summed E-state index contributed by atoms with van der Waals surface area (Å²) in [4.78, 5) is 16.3. The van der Waals surface area contributed by atoms with Crippen molar-refractivity contribution in [2.24, 2.45) is 5.73 Å². The van der Waals surface area contributed by atoms with Crippen molar-refractivity contribution >= 4 is 0 Å². The lowest BCUT2D eigenvalue weighted by atomic mass is 10.3. The van der Waals surface area contributed by atoms with Crippen molar-refractivity contribution in [2.75, 3.05) is 13.2 Å². The fourth-order valence-corrected chi connectivity index (χ4v) is 1.73. The van der Waals surface area contributed by atoms with Gasteiger partial charge in [0.15, 0.2) is 0 Å². The van der Waals surface area contributed by atoms with E-state index in [0.717, 1.165) is 17.8 Å². The van der Waals surface area contributed by atoms with Crippen LogP contribution in [0.25, 0.3) is 0 Å². The van der Waals surface area contributed by atoms with Crippen molar-refractivity contribution in [1.82, 2.24) is 14.8 Å². The molecule has 106 valence electrons. The van der Waals surface area contributed by atoms with Gasteiger partial charge in [0.25, 0.3) is 5.56 Å². The maximum absolute atomic E-state index is 11.9. The summed E-state index contributed by atoms with van der Waals surface area (Å²) in [5.41, 5.74) is 6.88. The summed E-state index contributed by atoms with van der Waals surface area (Å²) < 4.78 is 6.74. The van der Waals surface area contributed by atoms with Gasteiger partial charge in [0.1, 0.15) is 5.75 Å². The second-order valence-electron chi connectivity index (χ2n) is 4.45. The fourth-order valence-electron chi connectivity index (χ4n) is 1.73. The number of aromatic nitrogens is 3. The molecule has 0 unspecified atom stereocenters. The molecule has 0 aliphatic heterocycles. The first-order chi connectivity index (χ1) is 9.69. The lowest BCUT2D eigenvalue weighted by Crippen LogP contribution is -2.23. The second kappa shape index (κ2) is 6.81. The summed E-state index contributed by atoms with van der Waals surface area (Å²) in [5, 5.41) is 4.09. The molecule has 0 amide bonds. The third-order valence-electron chi connectivity index (χ3n) is 2.72. The maximum atomic E-state index is 11.9. The number of pyridine rings is 1. The fraction of sp³-hybridized carbons (Fsp3) is 0.357. The first kappa shape index (κ1) is 14.2. The van der Waals surface area contributed by atoms with E-state index in [1.165, 1.54) is 16.9 Å². The van der Waals surface area contributed by atoms with E-state index < -0.39 is 0 Å². The summed E-state index contributed by atoms with van der Waals surface area (Å²) in [6.45, 7) is 3.31. The van der Waals surface area contributed by atoms with Crippen molar-refractivity contribution in [3.63, 3.8) is 0 Å². The zero-order valence-corrected chi connectivity index (χ0v) is 11.5. The van der Waals surface area contributed by atoms with E-state index in [1.54, 1.807) is 0 Å². The van der Waals surface area contributed by atoms with Gasteiger partial charge >= 0.3 is 0 Å². The first-order valence-corrected chi connectivity index (χ1v) is 6.51. The molecule has 6 heteroatoms. The molecule has 0 atom stereocenters. The topological polar surface area (TPSA) is 83.0 Å². The molecule has 0 bridgehead atoms. The van der Waals surface area contributed by atoms with E-state index in [1.807, 2.05) is 25.1 Å². The number of nitrogens with zero attached hydrogens (tertiary/aromatic N) is 3. The lowest BCUT2D eigenvalue weighted by Gasteiger charge is -2.07. The molecular formula is C14H18N4O2. The highest BCUT2D eigenvalue weighted by molar-refractivity contribution is 5.15. The Hall–Kier alpha value is -2.21. The summed E-state index contributed by atoms with van der Waals surface area (Å²) in [5.74, 6) is 0.469. The molecule has 20 heavy (non-hydrogen) atoms. The van der Waals surface area contributed by atoms with Gasteiger partial charge in [-0.05, 0) is 32.0 Å². The number of aryl methyl sites for hydroxylation is 1. The highest BCUT2D eigenvalue weighted by Crippen LogP contribution is 2.05. The van der Waals surface area contributed by atoms with Crippen LogP contribution in [0.15, 0.2) is 35.3 Å². The van der Waals surface area contributed by atoms with Crippen LogP contribution in [-0.2, 0) is 6.54 Å². The minimum atomic E-state index is -0.210. The van der Waals surface area contributed by atoms with Gasteiger partial charge in [-0.3, -0.25) is 9.78 Å². The Bertz CT molecular complexity index is 625. The van der Waals surface area contributed by atoms with E-state index in [0.29, 0.717) is 25.4 Å². The van der Waals surface area contributed by atoms with Crippen LogP contribution >= 0.6 is 0 Å². The van der Waals surface area contributed by atoms with Crippen molar-refractivity contribution in [3.8, 4) is 5.75 Å². The number of rotatable bonds is 6. The molecule has 2 aromatic rings. The van der Waals surface area contributed by atoms with Gasteiger partial charge in [-0.25, -0.2) is 4.68 Å². The largest absolute Gasteiger partial charge is 0.492 e. The highest BCUT2D eigenvalue weighted by atomic mass is 16.5. The highest BCUT2D eigenvalue weighted by Gasteiger charge is 2.03. The maximum Gasteiger partial charge on any atom is 0.270 e. The zero-order valence-electron chi connectivity index (χ0n) is 11.5. The lowest BCUT2D eigenvalue weighted by molar-refractivity contribution is 0.309. The summed E-state index contributed by atoms with van der Waals surface area (Å²) in [6.07, 6.45) is 2.28. The Morgan fingerprint density at radius 2 is 2.25 bits per heavy atom. The van der Waals surface area contributed by atoms with Crippen LogP contribution in [0.1, 0.15) is 17.8 Å². The molecule has 2 rings (SSSR count). The summed E-state index contributed by atoms with van der Waals surface area (Å²) in [6, 6.07) is 7.12. The molecule has 0 radical (unpaired) electrons. The predicted molar refractivity (Wildman–Crippen MR) is 75.7 cm³/mol. The van der Waals surface area contributed by atoms with Crippen LogP contribution in [0.4, 0.5) is 0 Å². The van der Waals surface area contributed by atoms with Crippen LogP contribution in [0.2, 0.25) is 0 Å². The van der Waals surface area contributed by atoms with Gasteiger partial charge in [-0.2, -0.15) is 5.10 Å². The van der Waals surface area contributed by atoms with E-state index in [-0.39, 0.29) is 5.56 Å². The molecule has 0 aliphatic carbocycles. The molecule has 0 fully saturated rings. The Labute approximate surface area is 117 Å². The van der Waals surface area contributed by atoms with Crippen molar-refractivity contribution in [1.29, 1.82) is 0 Å². The van der Waals surface area contributed by atoms with Gasteiger partial charge in [0, 0.05) is 11.8 Å². The van der Waals surface area contributed by atoms with E-state index in [9.17, 15) is 4.79 Å². The summed E-state index contributed by atoms with van der Waals surface area (Å²) >= 11 is 0. The van der Waals surface area contributed by atoms with Crippen LogP contribution in [0.5, 0.6) is 5.75 Å². The zero-order chi connectivity index (χ0) is 14.4. The van der Waals surface area contributed by atoms with E-state index >= 15 is 0 Å². The van der Waals surface area contributed by atoms with Gasteiger partial charge in [-0.1, -0.05) is 6.07 Å². The molecule has 0 aromatic carbocycles. The molecule has 6 nitrogen and oxygen atoms in total.